The van der Waals surface area contributed by atoms with Crippen LogP contribution in [0, 0.1) is 11.6 Å². The summed E-state index contributed by atoms with van der Waals surface area (Å²) in [6.07, 6.45) is 2.64. The van der Waals surface area contributed by atoms with E-state index >= 15 is 0 Å². The Kier molecular flexibility index (Phi) is 3.05. The zero-order valence-electron chi connectivity index (χ0n) is 8.09. The summed E-state index contributed by atoms with van der Waals surface area (Å²) in [6.45, 7) is 1.34. The minimum atomic E-state index is -0.650. The highest BCUT2D eigenvalue weighted by atomic mass is 35.5. The van der Waals surface area contributed by atoms with Crippen molar-refractivity contribution in [2.24, 2.45) is 0 Å². The highest BCUT2D eigenvalue weighted by Gasteiger charge is 2.20. The molecule has 1 aromatic heterocycles. The molecule has 0 atom stereocenters. The van der Waals surface area contributed by atoms with Crippen LogP contribution in [-0.2, 0) is 0 Å². The Balaban J connectivity index is 2.15. The fourth-order valence-electron chi connectivity index (χ4n) is 1.70. The molecule has 1 saturated heterocycles. The van der Waals surface area contributed by atoms with Crippen molar-refractivity contribution < 1.29 is 8.78 Å². The van der Waals surface area contributed by atoms with E-state index in [0.29, 0.717) is 13.1 Å². The number of aromatic nitrogens is 1. The van der Waals surface area contributed by atoms with E-state index < -0.39 is 11.6 Å². The van der Waals surface area contributed by atoms with Crippen LogP contribution in [0.25, 0.3) is 0 Å². The molecule has 0 bridgehead atoms. The van der Waals surface area contributed by atoms with Crippen LogP contribution in [-0.4, -0.2) is 23.5 Å². The van der Waals surface area contributed by atoms with Crippen molar-refractivity contribution in [2.75, 3.05) is 18.0 Å². The maximum absolute atomic E-state index is 13.4. The molecule has 5 heteroatoms. The molecule has 1 aromatic rings. The minimum absolute atomic E-state index is 0.157. The SMILES string of the molecule is Fc1cnc(N2CCC(Cl)CC2)c(F)c1. The van der Waals surface area contributed by atoms with E-state index in [1.165, 1.54) is 0 Å². The molecular weight excluding hydrogens is 222 g/mol. The molecule has 1 fully saturated rings. The van der Waals surface area contributed by atoms with Crippen LogP contribution in [0.4, 0.5) is 14.6 Å². The van der Waals surface area contributed by atoms with Gasteiger partial charge in [0.05, 0.1) is 6.20 Å². The predicted molar refractivity (Wildman–Crippen MR) is 55.2 cm³/mol. The number of hydrogen-bond donors (Lipinski definition) is 0. The van der Waals surface area contributed by atoms with E-state index in [0.717, 1.165) is 25.1 Å². The molecule has 0 radical (unpaired) electrons. The zero-order chi connectivity index (χ0) is 10.8. The van der Waals surface area contributed by atoms with Gasteiger partial charge >= 0.3 is 0 Å². The first-order valence-corrected chi connectivity index (χ1v) is 5.30. The Hall–Kier alpha value is -0.900. The lowest BCUT2D eigenvalue weighted by molar-refractivity contribution is 0.539. The van der Waals surface area contributed by atoms with Gasteiger partial charge in [-0.3, -0.25) is 0 Å². The van der Waals surface area contributed by atoms with Gasteiger partial charge in [0.2, 0.25) is 0 Å². The number of alkyl halides is 1. The molecule has 2 nitrogen and oxygen atoms in total. The van der Waals surface area contributed by atoms with Crippen LogP contribution in [0.1, 0.15) is 12.8 Å². The highest BCUT2D eigenvalue weighted by Crippen LogP contribution is 2.23. The minimum Gasteiger partial charge on any atom is -0.354 e. The van der Waals surface area contributed by atoms with E-state index in [9.17, 15) is 8.78 Å². The lowest BCUT2D eigenvalue weighted by Crippen LogP contribution is -2.35. The first kappa shape index (κ1) is 10.6. The highest BCUT2D eigenvalue weighted by molar-refractivity contribution is 6.20. The summed E-state index contributed by atoms with van der Waals surface area (Å²) < 4.78 is 26.0. The molecule has 0 aliphatic carbocycles. The van der Waals surface area contributed by atoms with Gasteiger partial charge in [0.25, 0.3) is 0 Å². The maximum Gasteiger partial charge on any atom is 0.168 e. The van der Waals surface area contributed by atoms with E-state index in [1.54, 1.807) is 4.90 Å². The predicted octanol–water partition coefficient (Wildman–Crippen LogP) is 2.57. The Labute approximate surface area is 91.9 Å². The number of hydrogen-bond acceptors (Lipinski definition) is 2. The topological polar surface area (TPSA) is 16.1 Å². The van der Waals surface area contributed by atoms with Crippen molar-refractivity contribution in [1.82, 2.24) is 4.98 Å². The fraction of sp³-hybridized carbons (Fsp3) is 0.500. The van der Waals surface area contributed by atoms with E-state index in [2.05, 4.69) is 4.98 Å². The second kappa shape index (κ2) is 4.31. The van der Waals surface area contributed by atoms with Gasteiger partial charge in [-0.15, -0.1) is 11.6 Å². The van der Waals surface area contributed by atoms with Crippen molar-refractivity contribution in [1.29, 1.82) is 0 Å². The number of piperidine rings is 1. The number of halogens is 3. The summed E-state index contributed by atoms with van der Waals surface area (Å²) in [5, 5.41) is 0.157. The second-order valence-corrected chi connectivity index (χ2v) is 4.24. The van der Waals surface area contributed by atoms with Gasteiger partial charge in [-0.1, -0.05) is 0 Å². The fourth-order valence-corrected chi connectivity index (χ4v) is 1.90. The quantitative estimate of drug-likeness (QED) is 0.692. The van der Waals surface area contributed by atoms with Gasteiger partial charge in [-0.2, -0.15) is 0 Å². The largest absolute Gasteiger partial charge is 0.354 e. The summed E-state index contributed by atoms with van der Waals surface area (Å²) in [5.41, 5.74) is 0. The van der Waals surface area contributed by atoms with Crippen LogP contribution in [0.15, 0.2) is 12.3 Å². The summed E-state index contributed by atoms with van der Waals surface area (Å²) in [4.78, 5) is 5.56. The molecule has 0 unspecified atom stereocenters. The van der Waals surface area contributed by atoms with E-state index in [1.807, 2.05) is 0 Å². The average Bonchev–Trinajstić information content (AvgIpc) is 2.20. The Morgan fingerprint density at radius 2 is 2.00 bits per heavy atom. The molecule has 0 amide bonds. The molecule has 1 aliphatic rings. The van der Waals surface area contributed by atoms with Crippen LogP contribution in [0.2, 0.25) is 0 Å². The van der Waals surface area contributed by atoms with Crippen LogP contribution < -0.4 is 4.90 Å². The third kappa shape index (κ3) is 2.37. The monoisotopic (exact) mass is 232 g/mol. The molecule has 15 heavy (non-hydrogen) atoms. The molecule has 2 heterocycles. The Bertz CT molecular complexity index is 351. The first-order chi connectivity index (χ1) is 7.16. The summed E-state index contributed by atoms with van der Waals surface area (Å²) in [7, 11) is 0. The van der Waals surface area contributed by atoms with E-state index in [-0.39, 0.29) is 11.2 Å². The number of nitrogens with zero attached hydrogens (tertiary/aromatic N) is 2. The van der Waals surface area contributed by atoms with Gasteiger partial charge in [0, 0.05) is 24.5 Å². The summed E-state index contributed by atoms with van der Waals surface area (Å²) in [6, 6.07) is 0.856. The summed E-state index contributed by atoms with van der Waals surface area (Å²) >= 11 is 5.93. The van der Waals surface area contributed by atoms with Gasteiger partial charge in [-0.25, -0.2) is 13.8 Å². The van der Waals surface area contributed by atoms with Gasteiger partial charge in [-0.05, 0) is 12.8 Å². The van der Waals surface area contributed by atoms with Crippen LogP contribution >= 0.6 is 11.6 Å². The number of anilines is 1. The third-order valence-electron chi connectivity index (χ3n) is 2.51. The molecule has 1 aliphatic heterocycles. The molecule has 0 spiro atoms. The Morgan fingerprint density at radius 1 is 1.33 bits per heavy atom. The van der Waals surface area contributed by atoms with Crippen molar-refractivity contribution in [3.05, 3.63) is 23.9 Å². The van der Waals surface area contributed by atoms with Crippen molar-refractivity contribution >= 4 is 17.4 Å². The molecular formula is C10H11ClF2N2. The normalized spacial score (nSPS) is 18.2. The van der Waals surface area contributed by atoms with Crippen molar-refractivity contribution in [2.45, 2.75) is 18.2 Å². The van der Waals surface area contributed by atoms with Gasteiger partial charge < -0.3 is 4.90 Å². The molecule has 2 rings (SSSR count). The molecule has 0 aromatic carbocycles. The van der Waals surface area contributed by atoms with Crippen molar-refractivity contribution in [3.8, 4) is 0 Å². The van der Waals surface area contributed by atoms with Gasteiger partial charge in [0.1, 0.15) is 5.82 Å². The lowest BCUT2D eigenvalue weighted by atomic mass is 10.1. The number of rotatable bonds is 1. The van der Waals surface area contributed by atoms with E-state index in [4.69, 9.17) is 11.6 Å². The smallest absolute Gasteiger partial charge is 0.168 e. The third-order valence-corrected chi connectivity index (χ3v) is 2.95. The maximum atomic E-state index is 13.4. The van der Waals surface area contributed by atoms with Gasteiger partial charge in [0.15, 0.2) is 11.6 Å². The Morgan fingerprint density at radius 3 is 2.60 bits per heavy atom. The molecule has 0 N–H and O–H groups in total. The van der Waals surface area contributed by atoms with Crippen LogP contribution in [0.5, 0.6) is 0 Å². The van der Waals surface area contributed by atoms with Crippen LogP contribution in [0.3, 0.4) is 0 Å². The standard InChI is InChI=1S/C10H11ClF2N2/c11-7-1-3-15(4-2-7)10-9(13)5-8(12)6-14-10/h5-7H,1-4H2. The zero-order valence-corrected chi connectivity index (χ0v) is 8.84. The first-order valence-electron chi connectivity index (χ1n) is 4.87. The summed E-state index contributed by atoms with van der Waals surface area (Å²) in [5.74, 6) is -1.04. The number of pyridine rings is 1. The van der Waals surface area contributed by atoms with Crippen molar-refractivity contribution in [3.63, 3.8) is 0 Å². The lowest BCUT2D eigenvalue weighted by Gasteiger charge is -2.30. The average molecular weight is 233 g/mol. The molecule has 0 saturated carbocycles. The molecule has 82 valence electrons. The second-order valence-electron chi connectivity index (χ2n) is 3.62.